The third-order valence-corrected chi connectivity index (χ3v) is 3.15. The quantitative estimate of drug-likeness (QED) is 0.701. The van der Waals surface area contributed by atoms with Gasteiger partial charge in [0.25, 0.3) is 0 Å². The van der Waals surface area contributed by atoms with E-state index in [-0.39, 0.29) is 5.97 Å². The molecule has 1 atom stereocenters. The Bertz CT molecular complexity index is 176. The van der Waals surface area contributed by atoms with Crippen LogP contribution in [0.4, 0.5) is 0 Å². The minimum atomic E-state index is -0.173. The van der Waals surface area contributed by atoms with E-state index in [2.05, 4.69) is 17.0 Å². The number of nitrogens with one attached hydrogen (secondary N) is 1. The van der Waals surface area contributed by atoms with Gasteiger partial charge in [0, 0.05) is 6.04 Å². The molecule has 1 aliphatic rings. The molecule has 0 aromatic heterocycles. The molecule has 14 heavy (non-hydrogen) atoms. The van der Waals surface area contributed by atoms with Crippen LogP contribution in [0.2, 0.25) is 0 Å². The van der Waals surface area contributed by atoms with Gasteiger partial charge in [-0.2, -0.15) is 0 Å². The standard InChI is InChI=1S/C11H21NO2/c1-9(12-8-11(13)14-2)10-6-4-3-5-7-10/h9-10,12H,3-8H2,1-2H3/t9-/m1/s1. The monoisotopic (exact) mass is 199 g/mol. The van der Waals surface area contributed by atoms with Gasteiger partial charge in [0.2, 0.25) is 0 Å². The topological polar surface area (TPSA) is 38.3 Å². The molecule has 0 amide bonds. The number of hydrogen-bond donors (Lipinski definition) is 1. The molecule has 0 saturated heterocycles. The third-order valence-electron chi connectivity index (χ3n) is 3.15. The van der Waals surface area contributed by atoms with Crippen molar-refractivity contribution in [3.05, 3.63) is 0 Å². The van der Waals surface area contributed by atoms with E-state index in [4.69, 9.17) is 0 Å². The van der Waals surface area contributed by atoms with Gasteiger partial charge in [-0.05, 0) is 25.7 Å². The molecular formula is C11H21NO2. The van der Waals surface area contributed by atoms with E-state index in [9.17, 15) is 4.79 Å². The van der Waals surface area contributed by atoms with Crippen molar-refractivity contribution in [2.24, 2.45) is 5.92 Å². The van der Waals surface area contributed by atoms with Crippen LogP contribution in [0.3, 0.4) is 0 Å². The fourth-order valence-electron chi connectivity index (χ4n) is 2.12. The maximum atomic E-state index is 10.9. The van der Waals surface area contributed by atoms with E-state index in [0.29, 0.717) is 12.6 Å². The first kappa shape index (κ1) is 11.5. The van der Waals surface area contributed by atoms with Crippen molar-refractivity contribution in [2.75, 3.05) is 13.7 Å². The van der Waals surface area contributed by atoms with Crippen molar-refractivity contribution >= 4 is 5.97 Å². The molecule has 3 nitrogen and oxygen atoms in total. The second kappa shape index (κ2) is 6.02. The van der Waals surface area contributed by atoms with Crippen molar-refractivity contribution < 1.29 is 9.53 Å². The van der Waals surface area contributed by atoms with Crippen LogP contribution < -0.4 is 5.32 Å². The van der Waals surface area contributed by atoms with Gasteiger partial charge in [0.15, 0.2) is 0 Å². The molecule has 3 heteroatoms. The predicted octanol–water partition coefficient (Wildman–Crippen LogP) is 1.72. The van der Waals surface area contributed by atoms with Crippen molar-refractivity contribution in [3.63, 3.8) is 0 Å². The third kappa shape index (κ3) is 3.66. The highest BCUT2D eigenvalue weighted by atomic mass is 16.5. The number of esters is 1. The fraction of sp³-hybridized carbons (Fsp3) is 0.909. The lowest BCUT2D eigenvalue weighted by Gasteiger charge is -2.28. The van der Waals surface area contributed by atoms with Crippen LogP contribution in [0.25, 0.3) is 0 Å². The molecule has 0 bridgehead atoms. The summed E-state index contributed by atoms with van der Waals surface area (Å²) in [6.07, 6.45) is 6.66. The van der Waals surface area contributed by atoms with Gasteiger partial charge in [0.1, 0.15) is 0 Å². The molecule has 0 aromatic rings. The Labute approximate surface area is 86.2 Å². The zero-order valence-corrected chi connectivity index (χ0v) is 9.21. The van der Waals surface area contributed by atoms with Crippen LogP contribution in [-0.4, -0.2) is 25.7 Å². The highest BCUT2D eigenvalue weighted by Crippen LogP contribution is 2.26. The molecular weight excluding hydrogens is 178 g/mol. The summed E-state index contributed by atoms with van der Waals surface area (Å²) >= 11 is 0. The summed E-state index contributed by atoms with van der Waals surface area (Å²) in [5, 5.41) is 3.23. The summed E-state index contributed by atoms with van der Waals surface area (Å²) in [6, 6.07) is 0.439. The zero-order chi connectivity index (χ0) is 10.4. The number of carbonyl (C=O) groups excluding carboxylic acids is 1. The van der Waals surface area contributed by atoms with E-state index in [1.807, 2.05) is 0 Å². The van der Waals surface area contributed by atoms with Crippen LogP contribution in [0.1, 0.15) is 39.0 Å². The number of rotatable bonds is 4. The van der Waals surface area contributed by atoms with Crippen molar-refractivity contribution in [1.82, 2.24) is 5.32 Å². The average Bonchev–Trinajstić information content (AvgIpc) is 2.26. The number of methoxy groups -OCH3 is 1. The summed E-state index contributed by atoms with van der Waals surface area (Å²) in [4.78, 5) is 10.9. The van der Waals surface area contributed by atoms with Gasteiger partial charge < -0.3 is 10.1 Å². The second-order valence-corrected chi connectivity index (χ2v) is 4.14. The number of carbonyl (C=O) groups is 1. The van der Waals surface area contributed by atoms with E-state index in [1.165, 1.54) is 39.2 Å². The molecule has 1 rings (SSSR count). The Morgan fingerprint density at radius 2 is 2.07 bits per heavy atom. The first-order chi connectivity index (χ1) is 6.74. The van der Waals surface area contributed by atoms with Gasteiger partial charge in [-0.15, -0.1) is 0 Å². The SMILES string of the molecule is COC(=O)CN[C@H](C)C1CCCCC1. The maximum absolute atomic E-state index is 10.9. The first-order valence-corrected chi connectivity index (χ1v) is 5.54. The molecule has 1 saturated carbocycles. The Morgan fingerprint density at radius 1 is 1.43 bits per heavy atom. The Hall–Kier alpha value is -0.570. The Kier molecular flexibility index (Phi) is 4.94. The Balaban J connectivity index is 2.19. The molecule has 82 valence electrons. The van der Waals surface area contributed by atoms with Gasteiger partial charge in [-0.25, -0.2) is 0 Å². The average molecular weight is 199 g/mol. The van der Waals surface area contributed by atoms with E-state index < -0.39 is 0 Å². The van der Waals surface area contributed by atoms with Gasteiger partial charge in [0.05, 0.1) is 13.7 Å². The Morgan fingerprint density at radius 3 is 2.64 bits per heavy atom. The summed E-state index contributed by atoms with van der Waals surface area (Å²) in [6.45, 7) is 2.51. The van der Waals surface area contributed by atoms with E-state index in [0.717, 1.165) is 5.92 Å². The summed E-state index contributed by atoms with van der Waals surface area (Å²) in [5.74, 6) is 0.570. The maximum Gasteiger partial charge on any atom is 0.319 e. The van der Waals surface area contributed by atoms with Crippen LogP contribution >= 0.6 is 0 Å². The second-order valence-electron chi connectivity index (χ2n) is 4.14. The minimum Gasteiger partial charge on any atom is -0.468 e. The molecule has 0 aromatic carbocycles. The summed E-state index contributed by atoms with van der Waals surface area (Å²) in [7, 11) is 1.43. The van der Waals surface area contributed by atoms with Gasteiger partial charge in [-0.3, -0.25) is 4.79 Å². The first-order valence-electron chi connectivity index (χ1n) is 5.54. The normalized spacial score (nSPS) is 20.4. The lowest BCUT2D eigenvalue weighted by molar-refractivity contribution is -0.139. The molecule has 1 fully saturated rings. The fourth-order valence-corrected chi connectivity index (χ4v) is 2.12. The van der Waals surface area contributed by atoms with Crippen LogP contribution in [-0.2, 0) is 9.53 Å². The summed E-state index contributed by atoms with van der Waals surface area (Å²) < 4.78 is 4.59. The molecule has 1 aliphatic carbocycles. The lowest BCUT2D eigenvalue weighted by atomic mass is 9.84. The van der Waals surface area contributed by atoms with Crippen molar-refractivity contribution in [1.29, 1.82) is 0 Å². The van der Waals surface area contributed by atoms with E-state index in [1.54, 1.807) is 0 Å². The van der Waals surface area contributed by atoms with Crippen molar-refractivity contribution in [3.8, 4) is 0 Å². The number of hydrogen-bond acceptors (Lipinski definition) is 3. The zero-order valence-electron chi connectivity index (χ0n) is 9.21. The molecule has 1 N–H and O–H groups in total. The highest BCUT2D eigenvalue weighted by molar-refractivity contribution is 5.71. The van der Waals surface area contributed by atoms with Gasteiger partial charge >= 0.3 is 5.97 Å². The summed E-state index contributed by atoms with van der Waals surface area (Å²) in [5.41, 5.74) is 0. The predicted molar refractivity (Wildman–Crippen MR) is 56.1 cm³/mol. The number of ether oxygens (including phenoxy) is 1. The highest BCUT2D eigenvalue weighted by Gasteiger charge is 2.19. The van der Waals surface area contributed by atoms with Crippen LogP contribution in [0.5, 0.6) is 0 Å². The van der Waals surface area contributed by atoms with Crippen LogP contribution in [0.15, 0.2) is 0 Å². The largest absolute Gasteiger partial charge is 0.468 e. The molecule has 0 spiro atoms. The molecule has 0 radical (unpaired) electrons. The van der Waals surface area contributed by atoms with Crippen molar-refractivity contribution in [2.45, 2.75) is 45.1 Å². The minimum absolute atomic E-state index is 0.173. The van der Waals surface area contributed by atoms with Crippen LogP contribution in [0, 0.1) is 5.92 Å². The molecule has 0 heterocycles. The van der Waals surface area contributed by atoms with Gasteiger partial charge in [-0.1, -0.05) is 19.3 Å². The smallest absolute Gasteiger partial charge is 0.319 e. The molecule has 0 unspecified atom stereocenters. The van der Waals surface area contributed by atoms with E-state index >= 15 is 0 Å². The lowest BCUT2D eigenvalue weighted by Crippen LogP contribution is -2.38. The molecule has 0 aliphatic heterocycles.